The molecule has 7 heteroatoms. The van der Waals surface area contributed by atoms with Crippen LogP contribution in [0.15, 0.2) is 15.5 Å². The largest absolute Gasteiger partial charge is 0.382 e. The summed E-state index contributed by atoms with van der Waals surface area (Å²) in [6, 6.07) is 0.384. The Kier molecular flexibility index (Phi) is 4.00. The Morgan fingerprint density at radius 3 is 3.00 bits per heavy atom. The number of carbonyl (C=O) groups is 1. The molecule has 2 rings (SSSR count). The molecular weight excluding hydrogens is 300 g/mol. The number of aryl methyl sites for hydroxylation is 1. The summed E-state index contributed by atoms with van der Waals surface area (Å²) < 4.78 is 1.68. The average molecular weight is 315 g/mol. The molecule has 1 saturated carbocycles. The van der Waals surface area contributed by atoms with E-state index in [2.05, 4.69) is 31.7 Å². The molecular formula is C11H15BrN4O2. The third-order valence-corrected chi connectivity index (χ3v) is 3.45. The summed E-state index contributed by atoms with van der Waals surface area (Å²) >= 11 is 3.21. The van der Waals surface area contributed by atoms with Crippen LogP contribution in [0.25, 0.3) is 0 Å². The average Bonchev–Trinajstić information content (AvgIpc) is 3.13. The summed E-state index contributed by atoms with van der Waals surface area (Å²) in [5.41, 5.74) is 0.403. The van der Waals surface area contributed by atoms with E-state index in [1.807, 2.05) is 0 Å². The lowest BCUT2D eigenvalue weighted by Crippen LogP contribution is -2.27. The van der Waals surface area contributed by atoms with Gasteiger partial charge in [0.15, 0.2) is 0 Å². The van der Waals surface area contributed by atoms with Gasteiger partial charge in [-0.2, -0.15) is 5.10 Å². The van der Waals surface area contributed by atoms with Crippen LogP contribution in [-0.4, -0.2) is 28.3 Å². The van der Waals surface area contributed by atoms with E-state index in [0.29, 0.717) is 29.2 Å². The van der Waals surface area contributed by atoms with E-state index in [1.54, 1.807) is 13.2 Å². The molecule has 1 aliphatic rings. The summed E-state index contributed by atoms with van der Waals surface area (Å²) in [5, 5.41) is 9.83. The number of amides is 1. The summed E-state index contributed by atoms with van der Waals surface area (Å²) in [6.45, 7) is 0.478. The van der Waals surface area contributed by atoms with Crippen LogP contribution >= 0.6 is 15.9 Å². The second kappa shape index (κ2) is 5.51. The van der Waals surface area contributed by atoms with Crippen LogP contribution in [0.3, 0.4) is 0 Å². The van der Waals surface area contributed by atoms with Crippen molar-refractivity contribution < 1.29 is 4.79 Å². The molecule has 1 heterocycles. The Hall–Kier alpha value is -1.37. The van der Waals surface area contributed by atoms with E-state index in [0.717, 1.165) is 12.8 Å². The van der Waals surface area contributed by atoms with Crippen molar-refractivity contribution in [2.75, 3.05) is 11.9 Å². The normalized spacial score (nSPS) is 14.3. The number of aromatic nitrogens is 2. The van der Waals surface area contributed by atoms with E-state index in [1.165, 1.54) is 4.68 Å². The summed E-state index contributed by atoms with van der Waals surface area (Å²) in [6.07, 6.45) is 4.12. The highest BCUT2D eigenvalue weighted by Crippen LogP contribution is 2.19. The first-order valence-electron chi connectivity index (χ1n) is 5.83. The number of halogens is 1. The second-order valence-corrected chi connectivity index (χ2v) is 5.11. The second-order valence-electron chi connectivity index (χ2n) is 4.32. The van der Waals surface area contributed by atoms with E-state index in [-0.39, 0.29) is 11.5 Å². The lowest BCUT2D eigenvalue weighted by Gasteiger charge is -2.08. The van der Waals surface area contributed by atoms with Gasteiger partial charge in [-0.1, -0.05) is 0 Å². The lowest BCUT2D eigenvalue weighted by atomic mass is 10.3. The van der Waals surface area contributed by atoms with E-state index >= 15 is 0 Å². The van der Waals surface area contributed by atoms with Crippen LogP contribution < -0.4 is 16.2 Å². The summed E-state index contributed by atoms with van der Waals surface area (Å²) in [5.74, 6) is 0.0397. The van der Waals surface area contributed by atoms with Crippen LogP contribution in [0.2, 0.25) is 0 Å². The minimum atomic E-state index is -0.206. The summed E-state index contributed by atoms with van der Waals surface area (Å²) in [4.78, 5) is 23.0. The molecule has 1 aliphatic carbocycles. The Morgan fingerprint density at radius 1 is 1.61 bits per heavy atom. The zero-order valence-corrected chi connectivity index (χ0v) is 11.7. The fourth-order valence-electron chi connectivity index (χ4n) is 1.47. The fourth-order valence-corrected chi connectivity index (χ4v) is 1.97. The molecule has 0 atom stereocenters. The number of hydrogen-bond donors (Lipinski definition) is 2. The van der Waals surface area contributed by atoms with Crippen molar-refractivity contribution in [2.45, 2.75) is 25.3 Å². The molecule has 1 aromatic heterocycles. The predicted octanol–water partition coefficient (Wildman–Crippen LogP) is 0.623. The van der Waals surface area contributed by atoms with Gasteiger partial charge in [-0.3, -0.25) is 9.59 Å². The number of hydrogen-bond acceptors (Lipinski definition) is 4. The molecule has 18 heavy (non-hydrogen) atoms. The molecule has 98 valence electrons. The third-order valence-electron chi connectivity index (χ3n) is 2.69. The van der Waals surface area contributed by atoms with Crippen molar-refractivity contribution in [2.24, 2.45) is 7.05 Å². The van der Waals surface area contributed by atoms with Crippen molar-refractivity contribution in [1.29, 1.82) is 0 Å². The van der Waals surface area contributed by atoms with Gasteiger partial charge < -0.3 is 10.6 Å². The number of carbonyl (C=O) groups excluding carboxylic acids is 1. The minimum Gasteiger partial charge on any atom is -0.382 e. The maximum atomic E-state index is 11.6. The number of rotatable bonds is 5. The highest BCUT2D eigenvalue weighted by atomic mass is 79.9. The Balaban J connectivity index is 1.84. The van der Waals surface area contributed by atoms with E-state index in [4.69, 9.17) is 0 Å². The zero-order chi connectivity index (χ0) is 13.1. The van der Waals surface area contributed by atoms with Gasteiger partial charge in [0.05, 0.1) is 11.9 Å². The molecule has 1 fully saturated rings. The fraction of sp³-hybridized carbons (Fsp3) is 0.545. The topological polar surface area (TPSA) is 76.0 Å². The smallest absolute Gasteiger partial charge is 0.282 e. The quantitative estimate of drug-likeness (QED) is 0.835. The zero-order valence-electron chi connectivity index (χ0n) is 10.1. The molecule has 0 radical (unpaired) electrons. The van der Waals surface area contributed by atoms with Crippen molar-refractivity contribution in [3.8, 4) is 0 Å². The Labute approximate surface area is 113 Å². The standard InChI is InChI=1S/C11H15BrN4O2/c1-16-11(18)10(12)8(6-14-16)13-5-4-9(17)15-7-2-3-7/h6-7,13H,2-5H2,1H3,(H,15,17). The van der Waals surface area contributed by atoms with Crippen LogP contribution in [0.1, 0.15) is 19.3 Å². The first-order chi connectivity index (χ1) is 8.58. The van der Waals surface area contributed by atoms with Crippen LogP contribution in [0.5, 0.6) is 0 Å². The van der Waals surface area contributed by atoms with E-state index in [9.17, 15) is 9.59 Å². The van der Waals surface area contributed by atoms with Gasteiger partial charge in [0, 0.05) is 26.1 Å². The monoisotopic (exact) mass is 314 g/mol. The molecule has 6 nitrogen and oxygen atoms in total. The SMILES string of the molecule is Cn1ncc(NCCC(=O)NC2CC2)c(Br)c1=O. The van der Waals surface area contributed by atoms with Crippen molar-refractivity contribution in [3.63, 3.8) is 0 Å². The van der Waals surface area contributed by atoms with Gasteiger partial charge in [-0.15, -0.1) is 0 Å². The Morgan fingerprint density at radius 2 is 2.33 bits per heavy atom. The molecule has 0 spiro atoms. The van der Waals surface area contributed by atoms with Crippen molar-refractivity contribution in [3.05, 3.63) is 21.0 Å². The maximum Gasteiger partial charge on any atom is 0.282 e. The number of nitrogens with zero attached hydrogens (tertiary/aromatic N) is 2. The number of anilines is 1. The van der Waals surface area contributed by atoms with Gasteiger partial charge in [-0.25, -0.2) is 4.68 Å². The Bertz CT molecular complexity index is 510. The molecule has 1 aromatic rings. The first-order valence-corrected chi connectivity index (χ1v) is 6.62. The van der Waals surface area contributed by atoms with Crippen LogP contribution in [0.4, 0.5) is 5.69 Å². The van der Waals surface area contributed by atoms with Gasteiger partial charge >= 0.3 is 0 Å². The molecule has 0 aliphatic heterocycles. The summed E-state index contributed by atoms with van der Waals surface area (Å²) in [7, 11) is 1.58. The van der Waals surface area contributed by atoms with Gasteiger partial charge in [0.1, 0.15) is 4.47 Å². The number of nitrogens with one attached hydrogen (secondary N) is 2. The molecule has 0 unspecified atom stereocenters. The van der Waals surface area contributed by atoms with Gasteiger partial charge in [0.25, 0.3) is 5.56 Å². The highest BCUT2D eigenvalue weighted by molar-refractivity contribution is 9.10. The molecule has 0 bridgehead atoms. The van der Waals surface area contributed by atoms with Crippen LogP contribution in [-0.2, 0) is 11.8 Å². The van der Waals surface area contributed by atoms with E-state index < -0.39 is 0 Å². The lowest BCUT2D eigenvalue weighted by molar-refractivity contribution is -0.120. The highest BCUT2D eigenvalue weighted by Gasteiger charge is 2.22. The first kappa shape index (κ1) is 13.1. The molecule has 0 saturated heterocycles. The van der Waals surface area contributed by atoms with Crippen LogP contribution in [0, 0.1) is 0 Å². The molecule has 2 N–H and O–H groups in total. The van der Waals surface area contributed by atoms with Crippen molar-refractivity contribution in [1.82, 2.24) is 15.1 Å². The third kappa shape index (κ3) is 3.32. The van der Waals surface area contributed by atoms with Gasteiger partial charge in [0.2, 0.25) is 5.91 Å². The van der Waals surface area contributed by atoms with Crippen molar-refractivity contribution >= 4 is 27.5 Å². The molecule has 1 amide bonds. The minimum absolute atomic E-state index is 0.0397. The molecule has 0 aromatic carbocycles. The van der Waals surface area contributed by atoms with Gasteiger partial charge in [-0.05, 0) is 28.8 Å². The maximum absolute atomic E-state index is 11.6. The predicted molar refractivity (Wildman–Crippen MR) is 71.4 cm³/mol.